The first kappa shape index (κ1) is 11.2. The van der Waals surface area contributed by atoms with Crippen LogP contribution in [0.5, 0.6) is 0 Å². The van der Waals surface area contributed by atoms with E-state index in [9.17, 15) is 4.79 Å². The molecule has 0 aliphatic heterocycles. The number of pyridine rings is 1. The van der Waals surface area contributed by atoms with Gasteiger partial charge in [-0.15, -0.1) is 11.3 Å². The van der Waals surface area contributed by atoms with Gasteiger partial charge in [-0.1, -0.05) is 11.6 Å². The van der Waals surface area contributed by atoms with Crippen molar-refractivity contribution in [1.29, 1.82) is 0 Å². The zero-order valence-corrected chi connectivity index (χ0v) is 10.3. The normalized spacial score (nSPS) is 10.6. The molecule has 0 fully saturated rings. The topological polar surface area (TPSA) is 48.0 Å². The molecule has 2 heterocycles. The maximum Gasteiger partial charge on any atom is 0.251 e. The summed E-state index contributed by atoms with van der Waals surface area (Å²) >= 11 is 7.30. The summed E-state index contributed by atoms with van der Waals surface area (Å²) < 4.78 is 2.31. The number of nitrogens with two attached hydrogens (primary N) is 1. The molecule has 0 saturated carbocycles. The van der Waals surface area contributed by atoms with Crippen molar-refractivity contribution in [3.8, 4) is 0 Å². The van der Waals surface area contributed by atoms with Crippen molar-refractivity contribution >= 4 is 28.6 Å². The highest BCUT2D eigenvalue weighted by atomic mass is 35.5. The van der Waals surface area contributed by atoms with Gasteiger partial charge in [-0.25, -0.2) is 0 Å². The zero-order valence-electron chi connectivity index (χ0n) is 8.74. The van der Waals surface area contributed by atoms with E-state index in [4.69, 9.17) is 17.3 Å². The molecule has 0 aliphatic carbocycles. The van der Waals surface area contributed by atoms with Crippen molar-refractivity contribution in [2.24, 2.45) is 0 Å². The Balaban J connectivity index is 2.35. The van der Waals surface area contributed by atoms with Gasteiger partial charge in [0.25, 0.3) is 5.56 Å². The minimum atomic E-state index is -0.0452. The molecule has 0 unspecified atom stereocenters. The molecule has 2 N–H and O–H groups in total. The van der Waals surface area contributed by atoms with E-state index >= 15 is 0 Å². The summed E-state index contributed by atoms with van der Waals surface area (Å²) in [4.78, 5) is 12.7. The molecule has 0 amide bonds. The van der Waals surface area contributed by atoms with Crippen LogP contribution in [-0.4, -0.2) is 4.57 Å². The molecule has 0 aliphatic rings. The first-order valence-electron chi connectivity index (χ1n) is 4.77. The van der Waals surface area contributed by atoms with E-state index in [2.05, 4.69) is 0 Å². The van der Waals surface area contributed by atoms with Gasteiger partial charge in [-0.3, -0.25) is 4.79 Å². The molecule has 0 bridgehead atoms. The SMILES string of the molecule is Cc1cc(=O)n(Cc2ccc(Cl)s2)cc1N. The Labute approximate surface area is 102 Å². The van der Waals surface area contributed by atoms with Crippen LogP contribution in [0.1, 0.15) is 10.4 Å². The molecule has 5 heteroatoms. The van der Waals surface area contributed by atoms with Crippen LogP contribution in [0.4, 0.5) is 5.69 Å². The Bertz CT molecular complexity index is 574. The highest BCUT2D eigenvalue weighted by Gasteiger charge is 2.03. The summed E-state index contributed by atoms with van der Waals surface area (Å²) in [5.41, 5.74) is 7.16. The van der Waals surface area contributed by atoms with Gasteiger partial charge in [0.05, 0.1) is 16.6 Å². The van der Waals surface area contributed by atoms with Crippen molar-refractivity contribution in [3.63, 3.8) is 0 Å². The number of halogens is 1. The Morgan fingerprint density at radius 1 is 1.50 bits per heavy atom. The number of hydrogen-bond donors (Lipinski definition) is 1. The molecule has 0 radical (unpaired) electrons. The Kier molecular flexibility index (Phi) is 3.03. The number of nitrogen functional groups attached to an aromatic ring is 1. The summed E-state index contributed by atoms with van der Waals surface area (Å²) in [7, 11) is 0. The Hall–Kier alpha value is -1.26. The lowest BCUT2D eigenvalue weighted by atomic mass is 10.2. The van der Waals surface area contributed by atoms with Crippen molar-refractivity contribution < 1.29 is 0 Å². The van der Waals surface area contributed by atoms with Gasteiger partial charge in [0, 0.05) is 17.1 Å². The summed E-state index contributed by atoms with van der Waals surface area (Å²) in [6.45, 7) is 2.34. The summed E-state index contributed by atoms with van der Waals surface area (Å²) in [6.07, 6.45) is 1.67. The molecule has 84 valence electrons. The van der Waals surface area contributed by atoms with Gasteiger partial charge >= 0.3 is 0 Å². The molecule has 0 spiro atoms. The largest absolute Gasteiger partial charge is 0.397 e. The second-order valence-corrected chi connectivity index (χ2v) is 5.38. The smallest absolute Gasteiger partial charge is 0.251 e. The minimum absolute atomic E-state index is 0.0452. The number of aryl methyl sites for hydroxylation is 1. The highest BCUT2D eigenvalue weighted by Crippen LogP contribution is 2.22. The number of nitrogens with zero attached hydrogens (tertiary/aromatic N) is 1. The standard InChI is InChI=1S/C11H11ClN2OS/c1-7-4-11(15)14(6-9(7)13)5-8-2-3-10(12)16-8/h2-4,6H,5,13H2,1H3. The molecule has 2 rings (SSSR count). The molecule has 3 nitrogen and oxygen atoms in total. The van der Waals surface area contributed by atoms with E-state index < -0.39 is 0 Å². The fraction of sp³-hybridized carbons (Fsp3) is 0.182. The van der Waals surface area contributed by atoms with Crippen LogP contribution in [0.3, 0.4) is 0 Å². The maximum absolute atomic E-state index is 11.7. The second-order valence-electron chi connectivity index (χ2n) is 3.58. The van der Waals surface area contributed by atoms with Crippen LogP contribution in [0.15, 0.2) is 29.2 Å². The van der Waals surface area contributed by atoms with Crippen molar-refractivity contribution in [1.82, 2.24) is 4.57 Å². The Morgan fingerprint density at radius 2 is 2.25 bits per heavy atom. The number of hydrogen-bond acceptors (Lipinski definition) is 3. The van der Waals surface area contributed by atoms with E-state index in [1.807, 2.05) is 19.1 Å². The van der Waals surface area contributed by atoms with Crippen molar-refractivity contribution in [3.05, 3.63) is 49.5 Å². The lowest BCUT2D eigenvalue weighted by Gasteiger charge is -2.06. The molecule has 2 aromatic heterocycles. The molecular weight excluding hydrogens is 244 g/mol. The quantitative estimate of drug-likeness (QED) is 0.895. The van der Waals surface area contributed by atoms with Crippen LogP contribution in [0, 0.1) is 6.92 Å². The molecule has 0 aromatic carbocycles. The number of anilines is 1. The summed E-state index contributed by atoms with van der Waals surface area (Å²) in [5, 5.41) is 0. The average Bonchev–Trinajstić information content (AvgIpc) is 2.60. The van der Waals surface area contributed by atoms with Gasteiger partial charge in [0.15, 0.2) is 0 Å². The summed E-state index contributed by atoms with van der Waals surface area (Å²) in [5.74, 6) is 0. The van der Waals surface area contributed by atoms with Crippen LogP contribution >= 0.6 is 22.9 Å². The lowest BCUT2D eigenvalue weighted by Crippen LogP contribution is -2.20. The molecule has 0 atom stereocenters. The van der Waals surface area contributed by atoms with E-state index in [-0.39, 0.29) is 5.56 Å². The van der Waals surface area contributed by atoms with E-state index in [1.165, 1.54) is 11.3 Å². The third kappa shape index (κ3) is 2.28. The van der Waals surface area contributed by atoms with Crippen LogP contribution < -0.4 is 11.3 Å². The first-order valence-corrected chi connectivity index (χ1v) is 5.96. The second kappa shape index (κ2) is 4.31. The average molecular weight is 255 g/mol. The Morgan fingerprint density at radius 3 is 2.88 bits per heavy atom. The minimum Gasteiger partial charge on any atom is -0.397 e. The molecular formula is C11H11ClN2OS. The van der Waals surface area contributed by atoms with Crippen molar-refractivity contribution in [2.75, 3.05) is 5.73 Å². The molecule has 0 saturated heterocycles. The first-order chi connectivity index (χ1) is 7.56. The van der Waals surface area contributed by atoms with Gasteiger partial charge in [-0.2, -0.15) is 0 Å². The fourth-order valence-corrected chi connectivity index (χ4v) is 2.50. The van der Waals surface area contributed by atoms with Gasteiger partial charge < -0.3 is 10.3 Å². The van der Waals surface area contributed by atoms with Crippen molar-refractivity contribution in [2.45, 2.75) is 13.5 Å². The van der Waals surface area contributed by atoms with E-state index in [1.54, 1.807) is 16.8 Å². The number of rotatable bonds is 2. The number of thiophene rings is 1. The predicted molar refractivity (Wildman–Crippen MR) is 68.3 cm³/mol. The van der Waals surface area contributed by atoms with Crippen LogP contribution in [-0.2, 0) is 6.54 Å². The van der Waals surface area contributed by atoms with Crippen LogP contribution in [0.25, 0.3) is 0 Å². The van der Waals surface area contributed by atoms with E-state index in [0.717, 1.165) is 14.8 Å². The molecule has 2 aromatic rings. The van der Waals surface area contributed by atoms with E-state index in [0.29, 0.717) is 12.2 Å². The van der Waals surface area contributed by atoms with Gasteiger partial charge in [-0.05, 0) is 24.6 Å². The number of aromatic nitrogens is 1. The third-order valence-corrected chi connectivity index (χ3v) is 3.54. The van der Waals surface area contributed by atoms with Crippen LogP contribution in [0.2, 0.25) is 4.34 Å². The molecule has 16 heavy (non-hydrogen) atoms. The predicted octanol–water partition coefficient (Wildman–Crippen LogP) is 2.50. The lowest BCUT2D eigenvalue weighted by molar-refractivity contribution is 0.770. The maximum atomic E-state index is 11.7. The van der Waals surface area contributed by atoms with Gasteiger partial charge in [0.2, 0.25) is 0 Å². The highest BCUT2D eigenvalue weighted by molar-refractivity contribution is 7.16. The van der Waals surface area contributed by atoms with Gasteiger partial charge in [0.1, 0.15) is 0 Å². The fourth-order valence-electron chi connectivity index (χ4n) is 1.41. The summed E-state index contributed by atoms with van der Waals surface area (Å²) in [6, 6.07) is 5.28. The monoisotopic (exact) mass is 254 g/mol. The third-order valence-electron chi connectivity index (χ3n) is 2.33. The zero-order chi connectivity index (χ0) is 11.7.